The Morgan fingerprint density at radius 3 is 1.26 bits per heavy atom. The molecule has 0 rings (SSSR count). The van der Waals surface area contributed by atoms with E-state index in [1.54, 1.807) is 0 Å². The van der Waals surface area contributed by atoms with Gasteiger partial charge in [0, 0.05) is 4.48 Å². The lowest BCUT2D eigenvalue weighted by molar-refractivity contribution is -0.950. The molecular weight excluding hydrogens is 659 g/mol. The van der Waals surface area contributed by atoms with Gasteiger partial charge < -0.3 is 9.79 Å². The highest BCUT2D eigenvalue weighted by molar-refractivity contribution is 7.87. The second kappa shape index (κ2) is 9.94. The van der Waals surface area contributed by atoms with Crippen molar-refractivity contribution < 1.29 is 111 Å². The van der Waals surface area contributed by atoms with Crippen LogP contribution >= 0.6 is 7.82 Å². The molecule has 0 aliphatic rings. The fourth-order valence-electron chi connectivity index (χ4n) is 2.26. The van der Waals surface area contributed by atoms with Gasteiger partial charge in [-0.1, -0.05) is 0 Å². The van der Waals surface area contributed by atoms with Gasteiger partial charge in [0.25, 0.3) is 0 Å². The molecule has 0 aromatic rings. The highest BCUT2D eigenvalue weighted by Crippen LogP contribution is 2.64. The average Bonchev–Trinajstić information content (AvgIpc) is 2.70. The molecule has 1 unspecified atom stereocenters. The van der Waals surface area contributed by atoms with Crippen LogP contribution in [0.1, 0.15) is 6.92 Å². The molecule has 0 aromatic carbocycles. The third kappa shape index (κ3) is 5.39. The largest absolute Gasteiger partial charge is 0.469 e. The number of quaternary nitrogens is 1. The first-order valence-electron chi connectivity index (χ1n) is 8.75. The molecule has 0 amide bonds. The molecule has 0 fully saturated rings. The van der Waals surface area contributed by atoms with E-state index in [2.05, 4.69) is 4.52 Å². The lowest BCUT2D eigenvalue weighted by Crippen LogP contribution is -2.75. The standard InChI is InChI=1S/C12H10F18NO6PS/c1-2-31(30,3-4-37-38(32,33)34)39(35,36)12(28,29)10(23,24)8(19,20)6(15,16)5(13,14)7(17,18)9(21,22)11(25,26)27/h2-4H2,1H3,(H-,32,33,34)/p+1. The maximum absolute atomic E-state index is 14.6. The molecule has 0 bridgehead atoms. The van der Waals surface area contributed by atoms with Crippen LogP contribution in [0.2, 0.25) is 0 Å². The average molecular weight is 670 g/mol. The number of rotatable bonds is 13. The van der Waals surface area contributed by atoms with Crippen LogP contribution < -0.4 is 0 Å². The van der Waals surface area contributed by atoms with E-state index in [9.17, 15) is 92.1 Å². The van der Waals surface area contributed by atoms with Crippen LogP contribution in [0.15, 0.2) is 0 Å². The summed E-state index contributed by atoms with van der Waals surface area (Å²) in [6.45, 7) is -6.60. The molecule has 236 valence electrons. The van der Waals surface area contributed by atoms with Crippen LogP contribution in [0, 0.1) is 0 Å². The second-order valence-corrected chi connectivity index (χ2v) is 10.4. The molecule has 1 atom stereocenters. The Labute approximate surface area is 203 Å². The molecule has 0 saturated heterocycles. The van der Waals surface area contributed by atoms with Gasteiger partial charge in [-0.15, -0.1) is 0 Å². The van der Waals surface area contributed by atoms with Crippen molar-refractivity contribution in [2.45, 2.75) is 53.9 Å². The van der Waals surface area contributed by atoms with E-state index >= 15 is 0 Å². The van der Waals surface area contributed by atoms with Crippen molar-refractivity contribution in [3.8, 4) is 0 Å². The molecular formula is C12H11F18NO6PS+. The van der Waals surface area contributed by atoms with Gasteiger partial charge in [0.2, 0.25) is 0 Å². The van der Waals surface area contributed by atoms with Gasteiger partial charge in [-0.3, -0.25) is 4.52 Å². The molecule has 0 aromatic heterocycles. The summed E-state index contributed by atoms with van der Waals surface area (Å²) in [6, 6.07) is 0. The normalized spacial score (nSPS) is 17.8. The van der Waals surface area contributed by atoms with Crippen LogP contribution in [0.3, 0.4) is 0 Å². The number of phosphoric ester groups is 1. The van der Waals surface area contributed by atoms with Gasteiger partial charge in [0.05, 0.1) is 0 Å². The van der Waals surface area contributed by atoms with Crippen molar-refractivity contribution in [2.75, 3.05) is 19.7 Å². The fourth-order valence-corrected chi connectivity index (χ4v) is 4.10. The van der Waals surface area contributed by atoms with Crippen LogP contribution in [0.4, 0.5) is 79.1 Å². The number of hydrogen-bond acceptors (Lipinski definition) is 4. The summed E-state index contributed by atoms with van der Waals surface area (Å²) in [6.07, 6.45) is -7.98. The molecule has 0 heterocycles. The Balaban J connectivity index is 7.03. The van der Waals surface area contributed by atoms with Crippen LogP contribution in [0.5, 0.6) is 0 Å². The van der Waals surface area contributed by atoms with Crippen molar-refractivity contribution in [1.82, 2.24) is 0 Å². The number of phosphoric acid groups is 1. The number of hydrogen-bond donors (Lipinski definition) is 2. The van der Waals surface area contributed by atoms with Gasteiger partial charge >= 0.3 is 64.8 Å². The fraction of sp³-hybridized carbons (Fsp3) is 1.00. The molecule has 27 heteroatoms. The quantitative estimate of drug-likeness (QED) is 0.161. The predicted octanol–water partition coefficient (Wildman–Crippen LogP) is 5.11. The smallest absolute Gasteiger partial charge is 0.303 e. The van der Waals surface area contributed by atoms with Crippen molar-refractivity contribution in [2.24, 2.45) is 0 Å². The Bertz CT molecular complexity index is 1060. The molecule has 7 nitrogen and oxygen atoms in total. The van der Waals surface area contributed by atoms with Crippen molar-refractivity contribution >= 4 is 17.8 Å². The summed E-state index contributed by atoms with van der Waals surface area (Å²) >= 11 is 0. The SMILES string of the molecule is CC[N+](F)(CCOP(=O)(O)O)S(=O)(=O)C(F)(F)C(F)(F)C(F)(F)C(F)(F)C(F)(F)C(F)(F)C(F)(F)C(F)(F)F. The number of likely N-dealkylation sites (N-methyl/N-ethyl adjacent to an activating group) is 1. The number of halogens is 18. The van der Waals surface area contributed by atoms with Gasteiger partial charge in [-0.25, -0.2) is 4.57 Å². The van der Waals surface area contributed by atoms with E-state index in [4.69, 9.17) is 9.79 Å². The molecule has 39 heavy (non-hydrogen) atoms. The third-order valence-electron chi connectivity index (χ3n) is 4.60. The summed E-state index contributed by atoms with van der Waals surface area (Å²) in [7, 11) is -13.9. The summed E-state index contributed by atoms with van der Waals surface area (Å²) in [4.78, 5) is 16.7. The van der Waals surface area contributed by atoms with E-state index in [-0.39, 0.29) is 6.92 Å². The van der Waals surface area contributed by atoms with Crippen molar-refractivity contribution in [3.05, 3.63) is 0 Å². The molecule has 0 aliphatic heterocycles. The number of alkyl halides is 17. The molecule has 0 aliphatic carbocycles. The highest BCUT2D eigenvalue weighted by atomic mass is 32.2. The lowest BCUT2D eigenvalue weighted by atomic mass is 9.91. The summed E-state index contributed by atoms with van der Waals surface area (Å²) in [5.74, 6) is -53.0. The Hall–Kier alpha value is -1.24. The Kier molecular flexibility index (Phi) is 9.63. The zero-order valence-electron chi connectivity index (χ0n) is 17.8. The van der Waals surface area contributed by atoms with Crippen LogP contribution in [-0.4, -0.2) is 89.0 Å². The number of sulfonamides is 1. The molecule has 0 spiro atoms. The first kappa shape index (κ1) is 37.8. The first-order chi connectivity index (χ1) is 16.5. The zero-order chi connectivity index (χ0) is 32.3. The molecule has 2 N–H and O–H groups in total. The topological polar surface area (TPSA) is 101 Å². The minimum absolute atomic E-state index is 0.0872. The van der Waals surface area contributed by atoms with Gasteiger partial charge in [0.15, 0.2) is 6.54 Å². The Morgan fingerprint density at radius 2 is 0.974 bits per heavy atom. The maximum Gasteiger partial charge on any atom is 0.469 e. The lowest BCUT2D eigenvalue weighted by Gasteiger charge is -2.42. The zero-order valence-corrected chi connectivity index (χ0v) is 19.5. The van der Waals surface area contributed by atoms with E-state index in [0.717, 1.165) is 0 Å². The number of nitrogens with zero attached hydrogens (tertiary/aromatic N) is 1. The molecule has 0 saturated carbocycles. The van der Waals surface area contributed by atoms with Crippen molar-refractivity contribution in [3.63, 3.8) is 0 Å². The predicted molar refractivity (Wildman–Crippen MR) is 84.4 cm³/mol. The van der Waals surface area contributed by atoms with E-state index in [0.29, 0.717) is 0 Å². The molecule has 0 radical (unpaired) electrons. The minimum atomic E-state index is -9.08. The van der Waals surface area contributed by atoms with Gasteiger partial charge in [-0.2, -0.15) is 83.1 Å². The van der Waals surface area contributed by atoms with Crippen molar-refractivity contribution in [1.29, 1.82) is 0 Å². The van der Waals surface area contributed by atoms with Crippen LogP contribution in [-0.2, 0) is 19.1 Å². The minimum Gasteiger partial charge on any atom is -0.303 e. The Morgan fingerprint density at radius 1 is 0.667 bits per heavy atom. The van der Waals surface area contributed by atoms with Crippen LogP contribution in [0.25, 0.3) is 0 Å². The monoisotopic (exact) mass is 670 g/mol. The highest BCUT2D eigenvalue weighted by Gasteiger charge is 2.97. The first-order valence-corrected chi connectivity index (χ1v) is 11.7. The van der Waals surface area contributed by atoms with Gasteiger partial charge in [-0.05, 0) is 11.0 Å². The van der Waals surface area contributed by atoms with E-state index in [1.807, 2.05) is 0 Å². The van der Waals surface area contributed by atoms with Gasteiger partial charge in [0.1, 0.15) is 13.2 Å². The van der Waals surface area contributed by atoms with E-state index in [1.165, 1.54) is 0 Å². The maximum atomic E-state index is 14.6. The van der Waals surface area contributed by atoms with E-state index < -0.39 is 88.6 Å². The second-order valence-electron chi connectivity index (χ2n) is 7.09. The summed E-state index contributed by atoms with van der Waals surface area (Å²) in [5.41, 5.74) is 0. The summed E-state index contributed by atoms with van der Waals surface area (Å²) < 4.78 is 273. The third-order valence-corrected chi connectivity index (χ3v) is 7.33. The summed E-state index contributed by atoms with van der Waals surface area (Å²) in [5, 5.41) is -8.13.